The van der Waals surface area contributed by atoms with Gasteiger partial charge in [0.2, 0.25) is 0 Å². The van der Waals surface area contributed by atoms with Crippen LogP contribution in [0.2, 0.25) is 0 Å². The maximum Gasteiger partial charge on any atom is 0.258 e. The summed E-state index contributed by atoms with van der Waals surface area (Å²) in [6, 6.07) is 12.1. The normalized spacial score (nSPS) is 10.8. The number of thioether (sulfide) groups is 1. The molecule has 2 heterocycles. The van der Waals surface area contributed by atoms with Gasteiger partial charge in [0.05, 0.1) is 37.4 Å². The van der Waals surface area contributed by atoms with E-state index in [4.69, 9.17) is 9.47 Å². The lowest BCUT2D eigenvalue weighted by Crippen LogP contribution is -2.25. The Morgan fingerprint density at radius 3 is 2.74 bits per heavy atom. The molecule has 35 heavy (non-hydrogen) atoms. The Morgan fingerprint density at radius 2 is 1.97 bits per heavy atom. The smallest absolute Gasteiger partial charge is 0.258 e. The third-order valence-electron chi connectivity index (χ3n) is 5.16. The number of aromatic nitrogens is 5. The minimum atomic E-state index is -0.286. The van der Waals surface area contributed by atoms with Gasteiger partial charge in [-0.2, -0.15) is 0 Å². The van der Waals surface area contributed by atoms with Crippen LogP contribution in [0.4, 0.5) is 0 Å². The van der Waals surface area contributed by atoms with Crippen LogP contribution in [0.1, 0.15) is 22.0 Å². The Kier molecular flexibility index (Phi) is 7.46. The number of allylic oxidation sites excluding steroid dienone is 1. The highest BCUT2D eigenvalue weighted by molar-refractivity contribution is 7.98. The van der Waals surface area contributed by atoms with Crippen LogP contribution in [0.3, 0.4) is 0 Å². The maximum absolute atomic E-state index is 12.7. The van der Waals surface area contributed by atoms with Crippen molar-refractivity contribution in [3.05, 3.63) is 82.7 Å². The van der Waals surface area contributed by atoms with Crippen molar-refractivity contribution in [2.45, 2.75) is 24.0 Å². The minimum absolute atomic E-state index is 0.166. The van der Waals surface area contributed by atoms with Crippen LogP contribution in [-0.4, -0.2) is 44.9 Å². The lowest BCUT2D eigenvalue weighted by atomic mass is 10.2. The number of fused-ring (bicyclic) bond motifs is 1. The molecule has 4 rings (SSSR count). The molecule has 2 aromatic heterocycles. The topological polar surface area (TPSA) is 124 Å². The second-order valence-electron chi connectivity index (χ2n) is 7.37. The Hall–Kier alpha value is -4.12. The van der Waals surface area contributed by atoms with Crippen LogP contribution >= 0.6 is 11.8 Å². The van der Waals surface area contributed by atoms with Crippen LogP contribution in [0.25, 0.3) is 10.9 Å². The average Bonchev–Trinajstić information content (AvgIpc) is 3.27. The van der Waals surface area contributed by atoms with Gasteiger partial charge in [-0.05, 0) is 30.3 Å². The lowest BCUT2D eigenvalue weighted by molar-refractivity contribution is 0.0949. The summed E-state index contributed by atoms with van der Waals surface area (Å²) < 4.78 is 12.3. The molecule has 0 saturated heterocycles. The first-order chi connectivity index (χ1) is 17.0. The number of rotatable bonds is 10. The standard InChI is InChI=1S/C24H24N6O4S/c1-4-11-30-21(13-25-22(31)15-9-10-18(33-2)19(12-15)34-3)28-29-24(30)35-14-20-26-17-8-6-5-7-16(17)23(32)27-20/h4-10,12H,1,11,13-14H2,2-3H3,(H,25,31)(H,26,27,32). The van der Waals surface area contributed by atoms with Crippen molar-refractivity contribution in [1.29, 1.82) is 0 Å². The van der Waals surface area contributed by atoms with Gasteiger partial charge in [0, 0.05) is 12.1 Å². The highest BCUT2D eigenvalue weighted by atomic mass is 32.2. The number of H-pyrrole nitrogens is 1. The van der Waals surface area contributed by atoms with Gasteiger partial charge in [0.15, 0.2) is 22.5 Å². The number of carbonyl (C=O) groups is 1. The van der Waals surface area contributed by atoms with E-state index in [1.807, 2.05) is 10.6 Å². The first-order valence-corrected chi connectivity index (χ1v) is 11.7. The van der Waals surface area contributed by atoms with Gasteiger partial charge in [-0.15, -0.1) is 16.8 Å². The molecule has 11 heteroatoms. The van der Waals surface area contributed by atoms with Crippen LogP contribution in [0, 0.1) is 0 Å². The van der Waals surface area contributed by atoms with Crippen LogP contribution in [-0.2, 0) is 18.8 Å². The number of hydrogen-bond donors (Lipinski definition) is 2. The minimum Gasteiger partial charge on any atom is -0.493 e. The molecular weight excluding hydrogens is 468 g/mol. The highest BCUT2D eigenvalue weighted by Gasteiger charge is 2.16. The van der Waals surface area contributed by atoms with Crippen molar-refractivity contribution >= 4 is 28.6 Å². The Balaban J connectivity index is 1.46. The summed E-state index contributed by atoms with van der Waals surface area (Å²) in [5.41, 5.74) is 0.883. The monoisotopic (exact) mass is 492 g/mol. The van der Waals surface area contributed by atoms with Crippen molar-refractivity contribution in [2.75, 3.05) is 14.2 Å². The van der Waals surface area contributed by atoms with E-state index in [0.29, 0.717) is 57.1 Å². The summed E-state index contributed by atoms with van der Waals surface area (Å²) in [5.74, 6) is 2.23. The van der Waals surface area contributed by atoms with E-state index in [1.165, 1.54) is 26.0 Å². The fraction of sp³-hybridized carbons (Fsp3) is 0.208. The fourth-order valence-electron chi connectivity index (χ4n) is 3.44. The SMILES string of the molecule is C=CCn1c(CNC(=O)c2ccc(OC)c(OC)c2)nnc1SCc1nc2ccccc2c(=O)[nH]1. The molecule has 1 amide bonds. The molecule has 0 aliphatic rings. The van der Waals surface area contributed by atoms with E-state index in [0.717, 1.165) is 0 Å². The number of hydrogen-bond acceptors (Lipinski definition) is 8. The van der Waals surface area contributed by atoms with Gasteiger partial charge in [-0.25, -0.2) is 4.98 Å². The molecule has 0 bridgehead atoms. The van der Waals surface area contributed by atoms with Gasteiger partial charge in [-0.1, -0.05) is 30.0 Å². The zero-order valence-electron chi connectivity index (χ0n) is 19.3. The van der Waals surface area contributed by atoms with Crippen LogP contribution in [0.5, 0.6) is 11.5 Å². The van der Waals surface area contributed by atoms with Crippen molar-refractivity contribution < 1.29 is 14.3 Å². The van der Waals surface area contributed by atoms with E-state index in [-0.39, 0.29) is 18.0 Å². The Morgan fingerprint density at radius 1 is 1.17 bits per heavy atom. The zero-order valence-corrected chi connectivity index (χ0v) is 20.1. The summed E-state index contributed by atoms with van der Waals surface area (Å²) in [4.78, 5) is 32.3. The van der Waals surface area contributed by atoms with E-state index in [2.05, 4.69) is 32.1 Å². The third-order valence-corrected chi connectivity index (χ3v) is 6.14. The molecule has 0 radical (unpaired) electrons. The van der Waals surface area contributed by atoms with Crippen LogP contribution < -0.4 is 20.3 Å². The molecule has 2 aromatic carbocycles. The molecule has 180 valence electrons. The Bertz CT molecular complexity index is 1430. The van der Waals surface area contributed by atoms with Crippen molar-refractivity contribution in [3.8, 4) is 11.5 Å². The molecule has 10 nitrogen and oxygen atoms in total. The Labute approximate surface area is 205 Å². The number of nitrogens with zero attached hydrogens (tertiary/aromatic N) is 4. The zero-order chi connectivity index (χ0) is 24.8. The summed E-state index contributed by atoms with van der Waals surface area (Å²) in [7, 11) is 3.05. The lowest BCUT2D eigenvalue weighted by Gasteiger charge is -2.11. The molecular formula is C24H24N6O4S. The summed E-state index contributed by atoms with van der Waals surface area (Å²) in [6.45, 7) is 4.42. The molecule has 0 aliphatic carbocycles. The summed E-state index contributed by atoms with van der Waals surface area (Å²) >= 11 is 1.38. The fourth-order valence-corrected chi connectivity index (χ4v) is 4.28. The van der Waals surface area contributed by atoms with Gasteiger partial charge in [0.1, 0.15) is 5.82 Å². The molecule has 2 N–H and O–H groups in total. The summed E-state index contributed by atoms with van der Waals surface area (Å²) in [5, 5.41) is 12.5. The second kappa shape index (κ2) is 10.9. The number of methoxy groups -OCH3 is 2. The quantitative estimate of drug-likeness (QED) is 0.256. The van der Waals surface area contributed by atoms with E-state index in [9.17, 15) is 9.59 Å². The van der Waals surface area contributed by atoms with Gasteiger partial charge in [-0.3, -0.25) is 9.59 Å². The number of nitrogens with one attached hydrogen (secondary N) is 2. The van der Waals surface area contributed by atoms with E-state index >= 15 is 0 Å². The molecule has 0 saturated carbocycles. The highest BCUT2D eigenvalue weighted by Crippen LogP contribution is 2.27. The van der Waals surface area contributed by atoms with Gasteiger partial charge in [0.25, 0.3) is 11.5 Å². The molecule has 0 unspecified atom stereocenters. The van der Waals surface area contributed by atoms with Gasteiger partial charge >= 0.3 is 0 Å². The average molecular weight is 493 g/mol. The first-order valence-electron chi connectivity index (χ1n) is 10.7. The number of para-hydroxylation sites is 1. The van der Waals surface area contributed by atoms with Gasteiger partial charge < -0.3 is 24.3 Å². The number of amides is 1. The predicted molar refractivity (Wildman–Crippen MR) is 133 cm³/mol. The number of benzene rings is 2. The second-order valence-corrected chi connectivity index (χ2v) is 8.31. The van der Waals surface area contributed by atoms with E-state index < -0.39 is 0 Å². The molecule has 4 aromatic rings. The van der Waals surface area contributed by atoms with Crippen molar-refractivity contribution in [1.82, 2.24) is 30.0 Å². The number of carbonyl (C=O) groups excluding carboxylic acids is 1. The first kappa shape index (κ1) is 24.0. The molecule has 0 aliphatic heterocycles. The predicted octanol–water partition coefficient (Wildman–Crippen LogP) is 2.94. The van der Waals surface area contributed by atoms with E-state index in [1.54, 1.807) is 42.5 Å². The van der Waals surface area contributed by atoms with Crippen molar-refractivity contribution in [3.63, 3.8) is 0 Å². The molecule has 0 spiro atoms. The third kappa shape index (κ3) is 5.35. The molecule has 0 fully saturated rings. The number of ether oxygens (including phenoxy) is 2. The largest absolute Gasteiger partial charge is 0.493 e. The van der Waals surface area contributed by atoms with Crippen LogP contribution in [0.15, 0.2) is 65.1 Å². The number of aromatic amines is 1. The van der Waals surface area contributed by atoms with Crippen molar-refractivity contribution in [2.24, 2.45) is 0 Å². The maximum atomic E-state index is 12.7. The molecule has 0 atom stereocenters. The summed E-state index contributed by atoms with van der Waals surface area (Å²) in [6.07, 6.45) is 1.73.